The maximum Gasteiger partial charge on any atom is 0.414 e. The van der Waals surface area contributed by atoms with Gasteiger partial charge in [-0.3, -0.25) is 4.90 Å². The van der Waals surface area contributed by atoms with Crippen molar-refractivity contribution in [1.82, 2.24) is 4.90 Å². The number of nitrogens with zero attached hydrogens (tertiary/aromatic N) is 2. The van der Waals surface area contributed by atoms with Crippen molar-refractivity contribution in [3.05, 3.63) is 29.3 Å². The molecule has 1 aromatic carbocycles. The first kappa shape index (κ1) is 15.1. The molecule has 110 valence electrons. The molecule has 0 bridgehead atoms. The summed E-state index contributed by atoms with van der Waals surface area (Å²) in [4.78, 5) is 16.3. The lowest BCUT2D eigenvalue weighted by molar-refractivity contribution is 0.168. The number of likely N-dealkylation sites (N-methyl/N-ethyl adjacent to an activating group) is 1. The van der Waals surface area contributed by atoms with E-state index in [1.807, 2.05) is 4.90 Å². The first-order valence-electron chi connectivity index (χ1n) is 6.78. The van der Waals surface area contributed by atoms with E-state index in [-0.39, 0.29) is 24.5 Å². The zero-order valence-corrected chi connectivity index (χ0v) is 12.9. The summed E-state index contributed by atoms with van der Waals surface area (Å²) in [5.74, 6) is 0.410. The molecule has 5 heteroatoms. The molecule has 0 N–H and O–H groups in total. The standard InChI is InChI=1S/C15H20N2O2.ClH/c1-10-4-5-13-11(8-10)12-9-16(2)7-6-14(12)17(13)15(18)19-3;/h4-5,8,12,14H,6-7,9H2,1-3H3;1H. The topological polar surface area (TPSA) is 32.8 Å². The summed E-state index contributed by atoms with van der Waals surface area (Å²) in [6.07, 6.45) is 0.770. The van der Waals surface area contributed by atoms with Crippen molar-refractivity contribution in [2.75, 3.05) is 32.1 Å². The van der Waals surface area contributed by atoms with E-state index >= 15 is 0 Å². The minimum Gasteiger partial charge on any atom is -0.452 e. The first-order chi connectivity index (χ1) is 9.11. The second-order valence-electron chi connectivity index (χ2n) is 5.63. The lowest BCUT2D eigenvalue weighted by Crippen LogP contribution is -2.47. The average molecular weight is 297 g/mol. The molecule has 1 aromatic rings. The number of benzene rings is 1. The number of carbonyl (C=O) groups excluding carboxylic acids is 1. The fourth-order valence-electron chi connectivity index (χ4n) is 3.42. The van der Waals surface area contributed by atoms with E-state index in [4.69, 9.17) is 4.74 Å². The molecule has 2 aliphatic heterocycles. The number of amides is 1. The van der Waals surface area contributed by atoms with E-state index in [0.29, 0.717) is 5.92 Å². The number of fused-ring (bicyclic) bond motifs is 3. The molecule has 0 saturated carbocycles. The largest absolute Gasteiger partial charge is 0.452 e. The SMILES string of the molecule is COC(=O)N1c2ccc(C)cc2C2CN(C)CCC21.Cl. The van der Waals surface area contributed by atoms with Crippen molar-refractivity contribution in [1.29, 1.82) is 0 Å². The predicted octanol–water partition coefficient (Wildman–Crippen LogP) is 2.79. The van der Waals surface area contributed by atoms with Crippen molar-refractivity contribution in [2.45, 2.75) is 25.3 Å². The Labute approximate surface area is 126 Å². The molecule has 0 aliphatic carbocycles. The normalized spacial score (nSPS) is 24.6. The number of hydrogen-bond donors (Lipinski definition) is 0. The molecule has 0 spiro atoms. The van der Waals surface area contributed by atoms with Crippen LogP contribution in [0.4, 0.5) is 10.5 Å². The van der Waals surface area contributed by atoms with Gasteiger partial charge in [0.2, 0.25) is 0 Å². The van der Waals surface area contributed by atoms with Gasteiger partial charge < -0.3 is 9.64 Å². The predicted molar refractivity (Wildman–Crippen MR) is 82.0 cm³/mol. The highest BCUT2D eigenvalue weighted by atomic mass is 35.5. The van der Waals surface area contributed by atoms with E-state index in [1.54, 1.807) is 0 Å². The zero-order chi connectivity index (χ0) is 13.6. The number of halogens is 1. The van der Waals surface area contributed by atoms with Crippen molar-refractivity contribution >= 4 is 24.2 Å². The van der Waals surface area contributed by atoms with Crippen molar-refractivity contribution in [3.8, 4) is 0 Å². The maximum absolute atomic E-state index is 12.1. The van der Waals surface area contributed by atoms with Gasteiger partial charge in [-0.05, 0) is 38.6 Å². The highest BCUT2D eigenvalue weighted by Crippen LogP contribution is 2.45. The summed E-state index contributed by atoms with van der Waals surface area (Å²) < 4.78 is 4.97. The van der Waals surface area contributed by atoms with Crippen LogP contribution in [-0.4, -0.2) is 44.3 Å². The van der Waals surface area contributed by atoms with Crippen molar-refractivity contribution < 1.29 is 9.53 Å². The minimum absolute atomic E-state index is 0. The van der Waals surface area contributed by atoms with Gasteiger partial charge in [-0.15, -0.1) is 12.4 Å². The Morgan fingerprint density at radius 3 is 2.85 bits per heavy atom. The molecule has 1 fully saturated rings. The summed E-state index contributed by atoms with van der Waals surface area (Å²) >= 11 is 0. The molecular formula is C15H21ClN2O2. The lowest BCUT2D eigenvalue weighted by Gasteiger charge is -2.35. The van der Waals surface area contributed by atoms with E-state index in [9.17, 15) is 4.79 Å². The molecule has 2 heterocycles. The van der Waals surface area contributed by atoms with Crippen LogP contribution in [0.2, 0.25) is 0 Å². The zero-order valence-electron chi connectivity index (χ0n) is 12.1. The fourth-order valence-corrected chi connectivity index (χ4v) is 3.42. The highest BCUT2D eigenvalue weighted by Gasteiger charge is 2.44. The number of ether oxygens (including phenoxy) is 1. The van der Waals surface area contributed by atoms with Crippen molar-refractivity contribution in [2.24, 2.45) is 0 Å². The Bertz CT molecular complexity index is 521. The van der Waals surface area contributed by atoms with Crippen LogP contribution in [0.15, 0.2) is 18.2 Å². The number of anilines is 1. The summed E-state index contributed by atoms with van der Waals surface area (Å²) in [5.41, 5.74) is 3.57. The molecule has 20 heavy (non-hydrogen) atoms. The van der Waals surface area contributed by atoms with E-state index in [0.717, 1.165) is 25.2 Å². The number of hydrogen-bond acceptors (Lipinski definition) is 3. The van der Waals surface area contributed by atoms with Crippen LogP contribution < -0.4 is 4.90 Å². The Balaban J connectivity index is 0.00000147. The van der Waals surface area contributed by atoms with Crippen LogP contribution in [-0.2, 0) is 4.74 Å². The number of likely N-dealkylation sites (tertiary alicyclic amines) is 1. The first-order valence-corrected chi connectivity index (χ1v) is 6.78. The molecule has 2 atom stereocenters. The number of carbonyl (C=O) groups is 1. The van der Waals surface area contributed by atoms with Crippen LogP contribution in [0.25, 0.3) is 0 Å². The van der Waals surface area contributed by atoms with E-state index in [1.165, 1.54) is 18.2 Å². The Morgan fingerprint density at radius 2 is 2.15 bits per heavy atom. The molecule has 0 radical (unpaired) electrons. The molecule has 2 unspecified atom stereocenters. The summed E-state index contributed by atoms with van der Waals surface area (Å²) in [6.45, 7) is 4.14. The summed E-state index contributed by atoms with van der Waals surface area (Å²) in [5, 5.41) is 0. The van der Waals surface area contributed by atoms with Gasteiger partial charge in [-0.1, -0.05) is 17.7 Å². The van der Waals surface area contributed by atoms with Gasteiger partial charge in [-0.25, -0.2) is 4.79 Å². The monoisotopic (exact) mass is 296 g/mol. The lowest BCUT2D eigenvalue weighted by atomic mass is 9.89. The Morgan fingerprint density at radius 1 is 1.40 bits per heavy atom. The molecule has 4 nitrogen and oxygen atoms in total. The number of piperidine rings is 1. The quantitative estimate of drug-likeness (QED) is 0.738. The molecule has 3 rings (SSSR count). The number of aryl methyl sites for hydroxylation is 1. The van der Waals surface area contributed by atoms with Gasteiger partial charge in [0, 0.05) is 18.5 Å². The second kappa shape index (κ2) is 5.62. The van der Waals surface area contributed by atoms with Crippen LogP contribution in [0.3, 0.4) is 0 Å². The summed E-state index contributed by atoms with van der Waals surface area (Å²) in [7, 11) is 3.60. The van der Waals surface area contributed by atoms with Crippen molar-refractivity contribution in [3.63, 3.8) is 0 Å². The van der Waals surface area contributed by atoms with Gasteiger partial charge in [0.05, 0.1) is 12.8 Å². The minimum atomic E-state index is -0.234. The third-order valence-electron chi connectivity index (χ3n) is 4.32. The molecule has 1 amide bonds. The molecule has 2 aliphatic rings. The fraction of sp³-hybridized carbons (Fsp3) is 0.533. The molecular weight excluding hydrogens is 276 g/mol. The maximum atomic E-state index is 12.1. The van der Waals surface area contributed by atoms with Crippen LogP contribution >= 0.6 is 12.4 Å². The smallest absolute Gasteiger partial charge is 0.414 e. The van der Waals surface area contributed by atoms with E-state index < -0.39 is 0 Å². The molecule has 1 saturated heterocycles. The number of methoxy groups -OCH3 is 1. The third-order valence-corrected chi connectivity index (χ3v) is 4.32. The van der Waals surface area contributed by atoms with Crippen LogP contribution in [0, 0.1) is 6.92 Å². The Kier molecular flexibility index (Phi) is 4.25. The van der Waals surface area contributed by atoms with Crippen LogP contribution in [0.1, 0.15) is 23.5 Å². The number of rotatable bonds is 0. The highest BCUT2D eigenvalue weighted by molar-refractivity contribution is 5.92. The van der Waals surface area contributed by atoms with Gasteiger partial charge >= 0.3 is 6.09 Å². The van der Waals surface area contributed by atoms with Gasteiger partial charge in [-0.2, -0.15) is 0 Å². The Hall–Kier alpha value is -1.26. The van der Waals surface area contributed by atoms with Gasteiger partial charge in [0.25, 0.3) is 0 Å². The third kappa shape index (κ3) is 2.27. The molecule has 0 aromatic heterocycles. The van der Waals surface area contributed by atoms with Gasteiger partial charge in [0.15, 0.2) is 0 Å². The summed E-state index contributed by atoms with van der Waals surface area (Å²) in [6, 6.07) is 6.59. The van der Waals surface area contributed by atoms with Crippen LogP contribution in [0.5, 0.6) is 0 Å². The average Bonchev–Trinajstić information content (AvgIpc) is 2.71. The van der Waals surface area contributed by atoms with Gasteiger partial charge in [0.1, 0.15) is 0 Å². The van der Waals surface area contributed by atoms with E-state index in [2.05, 4.69) is 37.1 Å². The second-order valence-corrected chi connectivity index (χ2v) is 5.63.